The molecule has 1 aliphatic carbocycles. The lowest BCUT2D eigenvalue weighted by Gasteiger charge is -2.14. The zero-order valence-corrected chi connectivity index (χ0v) is 15.1. The van der Waals surface area contributed by atoms with Crippen molar-refractivity contribution in [2.45, 2.75) is 44.9 Å². The number of halogens is 2. The maximum absolute atomic E-state index is 12.8. The molecular formula is C20H25F2N3O. The highest BCUT2D eigenvalue weighted by molar-refractivity contribution is 5.34. The molecule has 0 amide bonds. The van der Waals surface area contributed by atoms with Gasteiger partial charge in [-0.3, -0.25) is 4.39 Å². The number of fused-ring (bicyclic) bond motifs is 1. The Morgan fingerprint density at radius 3 is 2.65 bits per heavy atom. The standard InChI is InChI=1S/C19H22FN3O.CH3F/c20-11-13-2-1-3-14(10-13)12-24-19-16-6-8-21-9-7-17(16)22-18(23-19)15-4-5-15;1-2/h1-3,10,15,21H,4-9,11-12H2;1H3. The van der Waals surface area contributed by atoms with Crippen LogP contribution in [0, 0.1) is 0 Å². The number of aromatic nitrogens is 2. The Labute approximate surface area is 153 Å². The first-order valence-electron chi connectivity index (χ1n) is 9.08. The molecule has 4 rings (SSSR count). The van der Waals surface area contributed by atoms with E-state index in [1.807, 2.05) is 18.2 Å². The van der Waals surface area contributed by atoms with Crippen molar-refractivity contribution in [2.75, 3.05) is 20.3 Å². The summed E-state index contributed by atoms with van der Waals surface area (Å²) in [7, 11) is 0.500. The summed E-state index contributed by atoms with van der Waals surface area (Å²) in [5.41, 5.74) is 3.91. The number of hydrogen-bond acceptors (Lipinski definition) is 4. The Hall–Kier alpha value is -2.08. The Bertz CT molecular complexity index is 735. The van der Waals surface area contributed by atoms with Gasteiger partial charge >= 0.3 is 0 Å². The Balaban J connectivity index is 0.000000948. The molecule has 140 valence electrons. The van der Waals surface area contributed by atoms with Crippen molar-refractivity contribution in [1.29, 1.82) is 0 Å². The first kappa shape index (κ1) is 18.7. The van der Waals surface area contributed by atoms with Crippen molar-refractivity contribution in [1.82, 2.24) is 15.3 Å². The molecule has 0 bridgehead atoms. The molecule has 1 aromatic carbocycles. The molecule has 1 N–H and O–H groups in total. The van der Waals surface area contributed by atoms with Crippen LogP contribution in [0.25, 0.3) is 0 Å². The summed E-state index contributed by atoms with van der Waals surface area (Å²) >= 11 is 0. The van der Waals surface area contributed by atoms with Crippen molar-refractivity contribution >= 4 is 0 Å². The van der Waals surface area contributed by atoms with E-state index >= 15 is 0 Å². The SMILES string of the molecule is CF.FCc1cccc(COc2nc(C3CC3)nc3c2CCNCC3)c1. The molecule has 1 saturated carbocycles. The Morgan fingerprint density at radius 1 is 1.12 bits per heavy atom. The van der Waals surface area contributed by atoms with Crippen LogP contribution in [0.5, 0.6) is 5.88 Å². The van der Waals surface area contributed by atoms with Crippen LogP contribution < -0.4 is 10.1 Å². The lowest BCUT2D eigenvalue weighted by molar-refractivity contribution is 0.288. The van der Waals surface area contributed by atoms with Gasteiger partial charge in [0.25, 0.3) is 0 Å². The fraction of sp³-hybridized carbons (Fsp3) is 0.500. The van der Waals surface area contributed by atoms with Gasteiger partial charge in [0.05, 0.1) is 12.9 Å². The van der Waals surface area contributed by atoms with E-state index in [0.717, 1.165) is 54.5 Å². The van der Waals surface area contributed by atoms with Crippen molar-refractivity contribution in [3.8, 4) is 5.88 Å². The van der Waals surface area contributed by atoms with E-state index in [2.05, 4.69) is 5.32 Å². The van der Waals surface area contributed by atoms with Gasteiger partial charge in [-0.25, -0.2) is 9.37 Å². The van der Waals surface area contributed by atoms with Crippen LogP contribution in [0.2, 0.25) is 0 Å². The minimum atomic E-state index is -0.450. The molecule has 1 aromatic heterocycles. The van der Waals surface area contributed by atoms with Crippen molar-refractivity contribution in [2.24, 2.45) is 0 Å². The van der Waals surface area contributed by atoms with Gasteiger partial charge in [-0.15, -0.1) is 0 Å². The van der Waals surface area contributed by atoms with Crippen LogP contribution in [-0.2, 0) is 26.1 Å². The van der Waals surface area contributed by atoms with Gasteiger partial charge < -0.3 is 10.1 Å². The normalized spacial score (nSPS) is 16.1. The molecule has 2 aliphatic rings. The van der Waals surface area contributed by atoms with E-state index in [1.165, 1.54) is 12.8 Å². The average molecular weight is 361 g/mol. The molecular weight excluding hydrogens is 336 g/mol. The van der Waals surface area contributed by atoms with Gasteiger partial charge in [0.2, 0.25) is 5.88 Å². The zero-order valence-electron chi connectivity index (χ0n) is 15.1. The third-order valence-corrected chi connectivity index (χ3v) is 4.63. The predicted octanol–water partition coefficient (Wildman–Crippen LogP) is 3.68. The van der Waals surface area contributed by atoms with Crippen LogP contribution in [0.15, 0.2) is 24.3 Å². The minimum absolute atomic E-state index is 0.412. The molecule has 26 heavy (non-hydrogen) atoms. The number of hydrogen-bond donors (Lipinski definition) is 1. The molecule has 1 aliphatic heterocycles. The maximum Gasteiger partial charge on any atom is 0.220 e. The number of nitrogens with one attached hydrogen (secondary N) is 1. The molecule has 4 nitrogen and oxygen atoms in total. The quantitative estimate of drug-likeness (QED) is 0.883. The second kappa shape index (κ2) is 9.03. The van der Waals surface area contributed by atoms with Gasteiger partial charge in [-0.05, 0) is 43.0 Å². The molecule has 0 spiro atoms. The van der Waals surface area contributed by atoms with E-state index in [0.29, 0.717) is 25.3 Å². The average Bonchev–Trinajstić information content (AvgIpc) is 3.54. The second-order valence-corrected chi connectivity index (χ2v) is 6.58. The molecule has 1 fully saturated rings. The number of ether oxygens (including phenoxy) is 1. The molecule has 2 aromatic rings. The fourth-order valence-corrected chi connectivity index (χ4v) is 3.13. The van der Waals surface area contributed by atoms with Crippen LogP contribution in [0.1, 0.15) is 47.0 Å². The molecule has 0 saturated heterocycles. The van der Waals surface area contributed by atoms with E-state index < -0.39 is 6.67 Å². The summed E-state index contributed by atoms with van der Waals surface area (Å²) < 4.78 is 28.4. The summed E-state index contributed by atoms with van der Waals surface area (Å²) in [6.07, 6.45) is 4.16. The highest BCUT2D eigenvalue weighted by Gasteiger charge is 2.29. The highest BCUT2D eigenvalue weighted by Crippen LogP contribution is 2.39. The third kappa shape index (κ3) is 4.55. The molecule has 6 heteroatoms. The number of rotatable bonds is 5. The van der Waals surface area contributed by atoms with Gasteiger partial charge in [-0.2, -0.15) is 4.98 Å². The first-order chi connectivity index (χ1) is 12.8. The summed E-state index contributed by atoms with van der Waals surface area (Å²) in [4.78, 5) is 9.51. The number of alkyl halides is 2. The largest absolute Gasteiger partial charge is 0.473 e. The molecule has 0 unspecified atom stereocenters. The van der Waals surface area contributed by atoms with Crippen molar-refractivity contribution < 1.29 is 13.5 Å². The van der Waals surface area contributed by atoms with E-state index in [9.17, 15) is 8.78 Å². The van der Waals surface area contributed by atoms with Gasteiger partial charge in [0, 0.05) is 24.4 Å². The van der Waals surface area contributed by atoms with E-state index in [4.69, 9.17) is 14.7 Å². The predicted molar refractivity (Wildman–Crippen MR) is 96.9 cm³/mol. The van der Waals surface area contributed by atoms with E-state index in [1.54, 1.807) is 6.07 Å². The van der Waals surface area contributed by atoms with Crippen LogP contribution in [0.3, 0.4) is 0 Å². The Morgan fingerprint density at radius 2 is 1.88 bits per heavy atom. The van der Waals surface area contributed by atoms with Crippen LogP contribution in [0.4, 0.5) is 8.78 Å². The fourth-order valence-electron chi connectivity index (χ4n) is 3.13. The molecule has 0 atom stereocenters. The van der Waals surface area contributed by atoms with Crippen LogP contribution >= 0.6 is 0 Å². The smallest absolute Gasteiger partial charge is 0.220 e. The summed E-state index contributed by atoms with van der Waals surface area (Å²) in [6.45, 7) is 1.84. The van der Waals surface area contributed by atoms with E-state index in [-0.39, 0.29) is 0 Å². The lowest BCUT2D eigenvalue weighted by atomic mass is 10.1. The highest BCUT2D eigenvalue weighted by atomic mass is 19.1. The van der Waals surface area contributed by atoms with Crippen LogP contribution in [-0.4, -0.2) is 30.2 Å². The maximum atomic E-state index is 12.8. The van der Waals surface area contributed by atoms with Gasteiger partial charge in [0.15, 0.2) is 0 Å². The van der Waals surface area contributed by atoms with Gasteiger partial charge in [0.1, 0.15) is 19.1 Å². The minimum Gasteiger partial charge on any atom is -0.473 e. The Kier molecular flexibility index (Phi) is 6.50. The number of benzene rings is 1. The first-order valence-corrected chi connectivity index (χ1v) is 9.08. The summed E-state index contributed by atoms with van der Waals surface area (Å²) in [5.74, 6) is 2.16. The van der Waals surface area contributed by atoms with Crippen molar-refractivity contribution in [3.05, 3.63) is 52.5 Å². The number of nitrogens with zero attached hydrogens (tertiary/aromatic N) is 2. The summed E-state index contributed by atoms with van der Waals surface area (Å²) in [5, 5.41) is 3.41. The van der Waals surface area contributed by atoms with Gasteiger partial charge in [-0.1, -0.05) is 18.2 Å². The monoisotopic (exact) mass is 361 g/mol. The molecule has 2 heterocycles. The molecule has 0 radical (unpaired) electrons. The zero-order chi connectivity index (χ0) is 18.4. The third-order valence-electron chi connectivity index (χ3n) is 4.63. The second-order valence-electron chi connectivity index (χ2n) is 6.58. The lowest BCUT2D eigenvalue weighted by Crippen LogP contribution is -2.16. The topological polar surface area (TPSA) is 47.0 Å². The van der Waals surface area contributed by atoms with Crippen molar-refractivity contribution in [3.63, 3.8) is 0 Å². The summed E-state index contributed by atoms with van der Waals surface area (Å²) in [6, 6.07) is 7.47.